The van der Waals surface area contributed by atoms with Gasteiger partial charge in [0.1, 0.15) is 6.04 Å². The Morgan fingerprint density at radius 2 is 1.78 bits per heavy atom. The van der Waals surface area contributed by atoms with Gasteiger partial charge >= 0.3 is 5.97 Å². The molecule has 18 heavy (non-hydrogen) atoms. The summed E-state index contributed by atoms with van der Waals surface area (Å²) >= 11 is 0. The van der Waals surface area contributed by atoms with E-state index in [4.69, 9.17) is 4.74 Å². The number of likely N-dealkylation sites (tertiary alicyclic amines) is 1. The lowest BCUT2D eigenvalue weighted by Gasteiger charge is -2.32. The lowest BCUT2D eigenvalue weighted by Crippen LogP contribution is -2.38. The van der Waals surface area contributed by atoms with Gasteiger partial charge in [-0.1, -0.05) is 36.8 Å². The molecule has 0 bridgehead atoms. The molecule has 0 aliphatic carbocycles. The molecule has 1 unspecified atom stereocenters. The molecule has 0 N–H and O–H groups in total. The van der Waals surface area contributed by atoms with E-state index < -0.39 is 0 Å². The van der Waals surface area contributed by atoms with Crippen LogP contribution < -0.4 is 0 Å². The Kier molecular flexibility index (Phi) is 6.16. The van der Waals surface area contributed by atoms with Crippen molar-refractivity contribution in [3.8, 4) is 0 Å². The summed E-state index contributed by atoms with van der Waals surface area (Å²) in [6, 6.07) is 9.66. The standard InChI is InChI=1S/C14H19NO2.ClH/c1-17-14(16)13(12-8-4-2-5-9-12)15-10-6-3-7-11-15;/h2,4-5,8-9,13H,3,6-7,10-11H2,1H3;1H. The second-order valence-corrected chi connectivity index (χ2v) is 4.43. The van der Waals surface area contributed by atoms with Gasteiger partial charge in [-0.2, -0.15) is 0 Å². The molecule has 2 rings (SSSR count). The molecular formula is C14H20ClNO2. The molecule has 0 radical (unpaired) electrons. The van der Waals surface area contributed by atoms with Crippen molar-refractivity contribution in [1.29, 1.82) is 0 Å². The predicted molar refractivity (Wildman–Crippen MR) is 73.9 cm³/mol. The molecule has 0 saturated carbocycles. The number of benzene rings is 1. The van der Waals surface area contributed by atoms with Crippen molar-refractivity contribution in [1.82, 2.24) is 4.90 Å². The average molecular weight is 270 g/mol. The van der Waals surface area contributed by atoms with Gasteiger partial charge in [-0.25, -0.2) is 4.79 Å². The minimum Gasteiger partial charge on any atom is -0.468 e. The third-order valence-corrected chi connectivity index (χ3v) is 3.30. The van der Waals surface area contributed by atoms with E-state index in [0.717, 1.165) is 18.7 Å². The van der Waals surface area contributed by atoms with Crippen molar-refractivity contribution in [2.75, 3.05) is 20.2 Å². The predicted octanol–water partition coefficient (Wildman–Crippen LogP) is 2.81. The van der Waals surface area contributed by atoms with Crippen LogP contribution in [0.5, 0.6) is 0 Å². The number of rotatable bonds is 3. The first-order chi connectivity index (χ1) is 8.33. The number of piperidine rings is 1. The lowest BCUT2D eigenvalue weighted by molar-refractivity contribution is -0.147. The molecule has 1 aliphatic heterocycles. The molecule has 1 heterocycles. The van der Waals surface area contributed by atoms with E-state index in [9.17, 15) is 4.79 Å². The third-order valence-electron chi connectivity index (χ3n) is 3.30. The molecule has 3 nitrogen and oxygen atoms in total. The van der Waals surface area contributed by atoms with Crippen LogP contribution in [0.4, 0.5) is 0 Å². The van der Waals surface area contributed by atoms with E-state index in [-0.39, 0.29) is 24.4 Å². The van der Waals surface area contributed by atoms with Crippen molar-refractivity contribution in [3.63, 3.8) is 0 Å². The molecule has 1 saturated heterocycles. The van der Waals surface area contributed by atoms with Crippen LogP contribution in [0.3, 0.4) is 0 Å². The van der Waals surface area contributed by atoms with Crippen LogP contribution in [-0.2, 0) is 9.53 Å². The fourth-order valence-corrected chi connectivity index (χ4v) is 2.42. The minimum absolute atomic E-state index is 0. The molecular weight excluding hydrogens is 250 g/mol. The SMILES string of the molecule is COC(=O)C(c1ccccc1)N1CCCCC1.Cl. The Labute approximate surface area is 115 Å². The van der Waals surface area contributed by atoms with Gasteiger partial charge in [0.05, 0.1) is 7.11 Å². The van der Waals surface area contributed by atoms with E-state index in [1.165, 1.54) is 26.4 Å². The Morgan fingerprint density at radius 1 is 1.17 bits per heavy atom. The third kappa shape index (κ3) is 3.47. The van der Waals surface area contributed by atoms with Crippen molar-refractivity contribution in [3.05, 3.63) is 35.9 Å². The van der Waals surface area contributed by atoms with Gasteiger partial charge in [0.25, 0.3) is 0 Å². The Morgan fingerprint density at radius 3 is 2.33 bits per heavy atom. The second-order valence-electron chi connectivity index (χ2n) is 4.43. The zero-order valence-electron chi connectivity index (χ0n) is 10.7. The van der Waals surface area contributed by atoms with Crippen LogP contribution in [0.15, 0.2) is 30.3 Å². The molecule has 4 heteroatoms. The Bertz CT molecular complexity index is 363. The van der Waals surface area contributed by atoms with Gasteiger partial charge in [-0.05, 0) is 31.5 Å². The first kappa shape index (κ1) is 15.0. The number of halogens is 1. The van der Waals surface area contributed by atoms with E-state index in [1.807, 2.05) is 30.3 Å². The number of carbonyl (C=O) groups is 1. The van der Waals surface area contributed by atoms with Gasteiger partial charge < -0.3 is 4.74 Å². The van der Waals surface area contributed by atoms with Crippen molar-refractivity contribution in [2.24, 2.45) is 0 Å². The maximum absolute atomic E-state index is 11.9. The summed E-state index contributed by atoms with van der Waals surface area (Å²) in [5.41, 5.74) is 1.03. The summed E-state index contributed by atoms with van der Waals surface area (Å²) in [4.78, 5) is 14.2. The largest absolute Gasteiger partial charge is 0.468 e. The monoisotopic (exact) mass is 269 g/mol. The summed E-state index contributed by atoms with van der Waals surface area (Å²) in [5, 5.41) is 0. The first-order valence-electron chi connectivity index (χ1n) is 6.20. The van der Waals surface area contributed by atoms with Crippen LogP contribution in [0.2, 0.25) is 0 Å². The number of hydrogen-bond donors (Lipinski definition) is 0. The fourth-order valence-electron chi connectivity index (χ4n) is 2.42. The summed E-state index contributed by atoms with van der Waals surface area (Å²) in [6.07, 6.45) is 3.60. The van der Waals surface area contributed by atoms with Crippen LogP contribution in [0.25, 0.3) is 0 Å². The highest BCUT2D eigenvalue weighted by Gasteiger charge is 2.29. The Balaban J connectivity index is 0.00000162. The summed E-state index contributed by atoms with van der Waals surface area (Å²) in [6.45, 7) is 1.96. The number of ether oxygens (including phenoxy) is 1. The summed E-state index contributed by atoms with van der Waals surface area (Å²) < 4.78 is 4.94. The van der Waals surface area contributed by atoms with E-state index in [0.29, 0.717) is 0 Å². The molecule has 1 aromatic carbocycles. The molecule has 0 spiro atoms. The van der Waals surface area contributed by atoms with E-state index >= 15 is 0 Å². The second kappa shape index (κ2) is 7.39. The number of methoxy groups -OCH3 is 1. The van der Waals surface area contributed by atoms with Gasteiger partial charge in [-0.3, -0.25) is 4.90 Å². The number of carbonyl (C=O) groups excluding carboxylic acids is 1. The summed E-state index contributed by atoms with van der Waals surface area (Å²) in [7, 11) is 1.46. The van der Waals surface area contributed by atoms with Crippen molar-refractivity contribution < 1.29 is 9.53 Å². The highest BCUT2D eigenvalue weighted by molar-refractivity contribution is 5.85. The highest BCUT2D eigenvalue weighted by Crippen LogP contribution is 2.25. The van der Waals surface area contributed by atoms with Crippen LogP contribution in [-0.4, -0.2) is 31.1 Å². The Hall–Kier alpha value is -1.06. The average Bonchev–Trinajstić information content (AvgIpc) is 2.41. The van der Waals surface area contributed by atoms with Crippen LogP contribution in [0.1, 0.15) is 30.9 Å². The molecule has 1 aromatic rings. The maximum atomic E-state index is 11.9. The number of nitrogens with zero attached hydrogens (tertiary/aromatic N) is 1. The molecule has 0 amide bonds. The first-order valence-corrected chi connectivity index (χ1v) is 6.20. The van der Waals surface area contributed by atoms with E-state index in [1.54, 1.807) is 0 Å². The molecule has 0 aromatic heterocycles. The van der Waals surface area contributed by atoms with Gasteiger partial charge in [0.2, 0.25) is 0 Å². The van der Waals surface area contributed by atoms with E-state index in [2.05, 4.69) is 4.90 Å². The quantitative estimate of drug-likeness (QED) is 0.791. The lowest BCUT2D eigenvalue weighted by atomic mass is 10.0. The number of hydrogen-bond acceptors (Lipinski definition) is 3. The minimum atomic E-state index is -0.235. The normalized spacial score (nSPS) is 17.6. The molecule has 1 fully saturated rings. The fraction of sp³-hybridized carbons (Fsp3) is 0.500. The number of esters is 1. The van der Waals surface area contributed by atoms with Crippen LogP contribution >= 0.6 is 12.4 Å². The summed E-state index contributed by atoms with van der Waals surface area (Å²) in [5.74, 6) is -0.155. The molecule has 100 valence electrons. The van der Waals surface area contributed by atoms with Crippen molar-refractivity contribution >= 4 is 18.4 Å². The van der Waals surface area contributed by atoms with Crippen molar-refractivity contribution in [2.45, 2.75) is 25.3 Å². The van der Waals surface area contributed by atoms with Gasteiger partial charge in [0, 0.05) is 0 Å². The zero-order valence-corrected chi connectivity index (χ0v) is 11.5. The maximum Gasteiger partial charge on any atom is 0.327 e. The van der Waals surface area contributed by atoms with Gasteiger partial charge in [-0.15, -0.1) is 12.4 Å². The van der Waals surface area contributed by atoms with Crippen LogP contribution in [0, 0.1) is 0 Å². The zero-order chi connectivity index (χ0) is 12.1. The highest BCUT2D eigenvalue weighted by atomic mass is 35.5. The molecule has 1 atom stereocenters. The topological polar surface area (TPSA) is 29.5 Å². The smallest absolute Gasteiger partial charge is 0.327 e. The molecule has 1 aliphatic rings. The van der Waals surface area contributed by atoms with Gasteiger partial charge in [0.15, 0.2) is 0 Å².